The van der Waals surface area contributed by atoms with E-state index in [0.717, 1.165) is 16.8 Å². The lowest BCUT2D eigenvalue weighted by Crippen LogP contribution is -2.01. The van der Waals surface area contributed by atoms with Gasteiger partial charge in [-0.05, 0) is 61.4 Å². The number of halogens is 2. The van der Waals surface area contributed by atoms with Crippen molar-refractivity contribution >= 4 is 23.5 Å². The van der Waals surface area contributed by atoms with Crippen LogP contribution < -0.4 is 9.47 Å². The first-order valence-corrected chi connectivity index (χ1v) is 9.37. The summed E-state index contributed by atoms with van der Waals surface area (Å²) in [7, 11) is 0. The molecular weight excluding hydrogens is 377 g/mol. The minimum absolute atomic E-state index is 0.261. The van der Waals surface area contributed by atoms with E-state index in [2.05, 4.69) is 4.99 Å². The molecule has 0 N–H and O–H groups in total. The van der Waals surface area contributed by atoms with Crippen molar-refractivity contribution in [2.45, 2.75) is 20.5 Å². The summed E-state index contributed by atoms with van der Waals surface area (Å²) in [6, 6.07) is 17.7. The first kappa shape index (κ1) is 19.9. The van der Waals surface area contributed by atoms with E-state index in [4.69, 9.17) is 21.1 Å². The molecule has 0 aliphatic rings. The van der Waals surface area contributed by atoms with Gasteiger partial charge in [0.1, 0.15) is 12.4 Å². The molecule has 0 saturated carbocycles. The fourth-order valence-electron chi connectivity index (χ4n) is 2.58. The van der Waals surface area contributed by atoms with Gasteiger partial charge < -0.3 is 9.47 Å². The van der Waals surface area contributed by atoms with Crippen molar-refractivity contribution in [2.24, 2.45) is 4.99 Å². The molecule has 3 aromatic rings. The predicted octanol–water partition coefficient (Wildman–Crippen LogP) is 6.52. The normalized spacial score (nSPS) is 11.0. The summed E-state index contributed by atoms with van der Waals surface area (Å²) in [4.78, 5) is 4.48. The Balaban J connectivity index is 1.80. The van der Waals surface area contributed by atoms with Gasteiger partial charge in [-0.3, -0.25) is 4.99 Å². The van der Waals surface area contributed by atoms with E-state index in [1.54, 1.807) is 24.4 Å². The zero-order valence-electron chi connectivity index (χ0n) is 15.8. The number of aliphatic imine (C=N–C) groups is 1. The maximum Gasteiger partial charge on any atom is 0.180 e. The predicted molar refractivity (Wildman–Crippen MR) is 112 cm³/mol. The molecule has 0 fully saturated rings. The van der Waals surface area contributed by atoms with Crippen molar-refractivity contribution in [2.75, 3.05) is 6.61 Å². The third-order valence-corrected chi connectivity index (χ3v) is 4.31. The molecule has 0 aliphatic carbocycles. The molecule has 3 rings (SSSR count). The van der Waals surface area contributed by atoms with Crippen LogP contribution in [0.25, 0.3) is 0 Å². The topological polar surface area (TPSA) is 30.8 Å². The van der Waals surface area contributed by atoms with Gasteiger partial charge in [0.05, 0.1) is 17.3 Å². The Kier molecular flexibility index (Phi) is 6.66. The van der Waals surface area contributed by atoms with Crippen molar-refractivity contribution in [1.29, 1.82) is 0 Å². The van der Waals surface area contributed by atoms with Gasteiger partial charge in [0.15, 0.2) is 11.5 Å². The highest BCUT2D eigenvalue weighted by Gasteiger charge is 2.12. The Hall–Kier alpha value is -2.85. The van der Waals surface area contributed by atoms with Crippen molar-refractivity contribution in [1.82, 2.24) is 0 Å². The van der Waals surface area contributed by atoms with Crippen LogP contribution in [0.15, 0.2) is 65.7 Å². The maximum atomic E-state index is 13.0. The van der Waals surface area contributed by atoms with Gasteiger partial charge in [0.2, 0.25) is 0 Å². The molecule has 0 amide bonds. The average molecular weight is 398 g/mol. The van der Waals surface area contributed by atoms with E-state index >= 15 is 0 Å². The number of rotatable bonds is 7. The van der Waals surface area contributed by atoms with Gasteiger partial charge in [-0.15, -0.1) is 0 Å². The summed E-state index contributed by atoms with van der Waals surface area (Å²) in [5.74, 6) is 0.719. The molecule has 0 unspecified atom stereocenters. The molecule has 0 atom stereocenters. The summed E-state index contributed by atoms with van der Waals surface area (Å²) in [6.45, 7) is 4.66. The van der Waals surface area contributed by atoms with Crippen LogP contribution in [-0.4, -0.2) is 12.8 Å². The van der Waals surface area contributed by atoms with Crippen molar-refractivity contribution in [3.8, 4) is 11.5 Å². The number of ether oxygens (including phenoxy) is 2. The van der Waals surface area contributed by atoms with Gasteiger partial charge in [-0.2, -0.15) is 0 Å². The molecule has 28 heavy (non-hydrogen) atoms. The van der Waals surface area contributed by atoms with Crippen LogP contribution >= 0.6 is 11.6 Å². The molecule has 5 heteroatoms. The second-order valence-corrected chi connectivity index (χ2v) is 6.68. The molecule has 0 radical (unpaired) electrons. The minimum Gasteiger partial charge on any atom is -0.490 e. The molecular formula is C23H21ClFNO2. The second kappa shape index (κ2) is 9.38. The molecule has 3 aromatic carbocycles. The Morgan fingerprint density at radius 3 is 2.39 bits per heavy atom. The quantitative estimate of drug-likeness (QED) is 0.425. The van der Waals surface area contributed by atoms with Gasteiger partial charge >= 0.3 is 0 Å². The fraction of sp³-hybridized carbons (Fsp3) is 0.174. The number of benzene rings is 3. The summed E-state index contributed by atoms with van der Waals surface area (Å²) in [5.41, 5.74) is 3.69. The fourth-order valence-corrected chi connectivity index (χ4v) is 2.86. The standard InChI is InChI=1S/C23H21ClFNO2/c1-3-27-22-13-18(14-26-20-10-4-16(2)5-11-20)12-21(24)23(22)28-15-17-6-8-19(25)9-7-17/h4-14H,3,15H2,1-2H3. The van der Waals surface area contributed by atoms with Gasteiger partial charge in [-0.25, -0.2) is 4.39 Å². The number of nitrogens with zero attached hydrogens (tertiary/aromatic N) is 1. The Morgan fingerprint density at radius 1 is 1.00 bits per heavy atom. The molecule has 0 aromatic heterocycles. The third-order valence-electron chi connectivity index (χ3n) is 4.02. The highest BCUT2D eigenvalue weighted by molar-refractivity contribution is 6.32. The van der Waals surface area contributed by atoms with Crippen LogP contribution in [0.1, 0.15) is 23.6 Å². The van der Waals surface area contributed by atoms with Crippen molar-refractivity contribution < 1.29 is 13.9 Å². The van der Waals surface area contributed by atoms with Gasteiger partial charge in [0.25, 0.3) is 0 Å². The van der Waals surface area contributed by atoms with Crippen LogP contribution in [0.4, 0.5) is 10.1 Å². The van der Waals surface area contributed by atoms with E-state index in [-0.39, 0.29) is 12.4 Å². The number of hydrogen-bond acceptors (Lipinski definition) is 3. The highest BCUT2D eigenvalue weighted by Crippen LogP contribution is 2.37. The lowest BCUT2D eigenvalue weighted by atomic mass is 10.2. The molecule has 0 aliphatic heterocycles. The van der Waals surface area contributed by atoms with E-state index in [9.17, 15) is 4.39 Å². The van der Waals surface area contributed by atoms with Crippen LogP contribution in [0.2, 0.25) is 5.02 Å². The number of hydrogen-bond donors (Lipinski definition) is 0. The average Bonchev–Trinajstić information content (AvgIpc) is 2.68. The SMILES string of the molecule is CCOc1cc(C=Nc2ccc(C)cc2)cc(Cl)c1OCc1ccc(F)cc1. The first-order chi connectivity index (χ1) is 13.5. The second-order valence-electron chi connectivity index (χ2n) is 6.27. The maximum absolute atomic E-state index is 13.0. The Labute approximate surface area is 169 Å². The zero-order chi connectivity index (χ0) is 19.9. The van der Waals surface area contributed by atoms with Crippen molar-refractivity contribution in [3.63, 3.8) is 0 Å². The summed E-state index contributed by atoms with van der Waals surface area (Å²) < 4.78 is 24.6. The smallest absolute Gasteiger partial charge is 0.180 e. The lowest BCUT2D eigenvalue weighted by Gasteiger charge is -2.14. The summed E-state index contributed by atoms with van der Waals surface area (Å²) >= 11 is 6.44. The molecule has 144 valence electrons. The van der Waals surface area contributed by atoms with Crippen LogP contribution in [0.3, 0.4) is 0 Å². The molecule has 0 bridgehead atoms. The first-order valence-electron chi connectivity index (χ1n) is 8.99. The van der Waals surface area contributed by atoms with E-state index < -0.39 is 0 Å². The van der Waals surface area contributed by atoms with Gasteiger partial charge in [-0.1, -0.05) is 41.4 Å². The molecule has 0 saturated heterocycles. The Bertz CT molecular complexity index is 954. The lowest BCUT2D eigenvalue weighted by molar-refractivity contribution is 0.269. The highest BCUT2D eigenvalue weighted by atomic mass is 35.5. The van der Waals surface area contributed by atoms with E-state index in [0.29, 0.717) is 23.1 Å². The third kappa shape index (κ3) is 5.33. The Morgan fingerprint density at radius 2 is 1.71 bits per heavy atom. The summed E-state index contributed by atoms with van der Waals surface area (Å²) in [6.07, 6.45) is 1.74. The van der Waals surface area contributed by atoms with Gasteiger partial charge in [0, 0.05) is 6.21 Å². The zero-order valence-corrected chi connectivity index (χ0v) is 16.5. The van der Waals surface area contributed by atoms with E-state index in [1.807, 2.05) is 44.2 Å². The van der Waals surface area contributed by atoms with Crippen LogP contribution in [-0.2, 0) is 6.61 Å². The van der Waals surface area contributed by atoms with Crippen LogP contribution in [0.5, 0.6) is 11.5 Å². The molecule has 3 nitrogen and oxygen atoms in total. The number of aryl methyl sites for hydroxylation is 1. The van der Waals surface area contributed by atoms with Crippen LogP contribution in [0, 0.1) is 12.7 Å². The van der Waals surface area contributed by atoms with E-state index in [1.165, 1.54) is 17.7 Å². The molecule has 0 spiro atoms. The monoisotopic (exact) mass is 397 g/mol. The van der Waals surface area contributed by atoms with Crippen molar-refractivity contribution in [3.05, 3.63) is 88.2 Å². The molecule has 0 heterocycles. The largest absolute Gasteiger partial charge is 0.490 e. The summed E-state index contributed by atoms with van der Waals surface area (Å²) in [5, 5.41) is 0.429. The minimum atomic E-state index is -0.283.